The van der Waals surface area contributed by atoms with Gasteiger partial charge in [-0.05, 0) is 67.4 Å². The van der Waals surface area contributed by atoms with E-state index in [1.165, 1.54) is 0 Å². The van der Waals surface area contributed by atoms with Gasteiger partial charge in [-0.25, -0.2) is 4.79 Å². The summed E-state index contributed by atoms with van der Waals surface area (Å²) in [6, 6.07) is 24.4. The van der Waals surface area contributed by atoms with Crippen LogP contribution in [0.3, 0.4) is 0 Å². The lowest BCUT2D eigenvalue weighted by molar-refractivity contribution is -0.116. The molecule has 8 nitrogen and oxygen atoms in total. The molecule has 1 fully saturated rings. The lowest BCUT2D eigenvalue weighted by atomic mass is 10.2. The highest BCUT2D eigenvalue weighted by Gasteiger charge is 2.22. The summed E-state index contributed by atoms with van der Waals surface area (Å²) in [5.74, 6) is -0.381. The molecule has 8 heteroatoms. The molecule has 1 saturated heterocycles. The number of rotatable bonds is 8. The fraction of sp³-hybridized carbons (Fsp3) is 0.300. The second-order valence-corrected chi connectivity index (χ2v) is 9.46. The summed E-state index contributed by atoms with van der Waals surface area (Å²) in [5.41, 5.74) is 4.20. The summed E-state index contributed by atoms with van der Waals surface area (Å²) in [6.45, 7) is 7.18. The number of piperazine rings is 1. The summed E-state index contributed by atoms with van der Waals surface area (Å²) in [5, 5.41) is 5.88. The third kappa shape index (κ3) is 7.12. The summed E-state index contributed by atoms with van der Waals surface area (Å²) in [4.78, 5) is 43.8. The standard InChI is InChI=1S/C30H35N5O3/c1-3-16-35(29(37)24-9-5-4-6-10-24)22-28(36)31-25-12-14-27(15-13-25)33-17-19-34(20-18-33)30(38)32-26-11-7-8-23(2)21-26/h4-15,21H,3,16-20,22H2,1-2H3,(H,31,36)(H,32,38). The van der Waals surface area contributed by atoms with Gasteiger partial charge in [0, 0.05) is 55.3 Å². The highest BCUT2D eigenvalue weighted by atomic mass is 16.2. The molecule has 198 valence electrons. The zero-order valence-corrected chi connectivity index (χ0v) is 22.0. The predicted molar refractivity (Wildman–Crippen MR) is 152 cm³/mol. The summed E-state index contributed by atoms with van der Waals surface area (Å²) in [6.07, 6.45) is 0.765. The minimum Gasteiger partial charge on any atom is -0.368 e. The zero-order chi connectivity index (χ0) is 26.9. The van der Waals surface area contributed by atoms with Crippen molar-refractivity contribution in [3.63, 3.8) is 0 Å². The smallest absolute Gasteiger partial charge is 0.321 e. The van der Waals surface area contributed by atoms with Crippen LogP contribution in [-0.4, -0.2) is 66.9 Å². The number of benzene rings is 3. The van der Waals surface area contributed by atoms with E-state index >= 15 is 0 Å². The van der Waals surface area contributed by atoms with Crippen molar-refractivity contribution in [2.45, 2.75) is 20.3 Å². The maximum atomic E-state index is 12.8. The van der Waals surface area contributed by atoms with E-state index in [1.54, 1.807) is 17.0 Å². The Balaban J connectivity index is 1.27. The largest absolute Gasteiger partial charge is 0.368 e. The van der Waals surface area contributed by atoms with Crippen molar-refractivity contribution in [1.82, 2.24) is 9.80 Å². The van der Waals surface area contributed by atoms with Crippen molar-refractivity contribution in [3.8, 4) is 0 Å². The van der Waals surface area contributed by atoms with Gasteiger partial charge in [0.05, 0.1) is 0 Å². The van der Waals surface area contributed by atoms with Gasteiger partial charge in [-0.1, -0.05) is 37.3 Å². The van der Waals surface area contributed by atoms with E-state index < -0.39 is 0 Å². The Hall–Kier alpha value is -4.33. The maximum absolute atomic E-state index is 12.8. The summed E-state index contributed by atoms with van der Waals surface area (Å²) in [7, 11) is 0. The molecular formula is C30H35N5O3. The first-order chi connectivity index (χ1) is 18.4. The average Bonchev–Trinajstić information content (AvgIpc) is 2.93. The number of carbonyl (C=O) groups is 3. The van der Waals surface area contributed by atoms with E-state index in [-0.39, 0.29) is 24.4 Å². The normalized spacial score (nSPS) is 13.1. The van der Waals surface area contributed by atoms with Gasteiger partial charge < -0.3 is 25.3 Å². The van der Waals surface area contributed by atoms with Gasteiger partial charge in [0.1, 0.15) is 6.54 Å². The van der Waals surface area contributed by atoms with E-state index in [4.69, 9.17) is 0 Å². The molecule has 0 atom stereocenters. The molecule has 0 unspecified atom stereocenters. The van der Waals surface area contributed by atoms with Crippen molar-refractivity contribution >= 4 is 34.9 Å². The van der Waals surface area contributed by atoms with E-state index in [2.05, 4.69) is 15.5 Å². The van der Waals surface area contributed by atoms with E-state index in [0.717, 1.165) is 36.4 Å². The molecule has 0 aliphatic carbocycles. The second-order valence-electron chi connectivity index (χ2n) is 9.46. The molecule has 3 aromatic rings. The Morgan fingerprint density at radius 1 is 0.816 bits per heavy atom. The number of urea groups is 1. The summed E-state index contributed by atoms with van der Waals surface area (Å²) >= 11 is 0. The molecular weight excluding hydrogens is 478 g/mol. The van der Waals surface area contributed by atoms with Crippen LogP contribution in [0.4, 0.5) is 21.9 Å². The molecule has 38 heavy (non-hydrogen) atoms. The van der Waals surface area contributed by atoms with Crippen LogP contribution in [0.2, 0.25) is 0 Å². The fourth-order valence-electron chi connectivity index (χ4n) is 4.51. The second kappa shape index (κ2) is 12.8. The SMILES string of the molecule is CCCN(CC(=O)Nc1ccc(N2CCN(C(=O)Nc3cccc(C)c3)CC2)cc1)C(=O)c1ccccc1. The number of aryl methyl sites for hydroxylation is 1. The maximum Gasteiger partial charge on any atom is 0.321 e. The van der Waals surface area contributed by atoms with Gasteiger partial charge in [0.2, 0.25) is 5.91 Å². The minimum absolute atomic E-state index is 0.00407. The Bertz CT molecular complexity index is 1240. The first kappa shape index (κ1) is 26.7. The minimum atomic E-state index is -0.233. The number of hydrogen-bond acceptors (Lipinski definition) is 4. The quantitative estimate of drug-likeness (QED) is 0.451. The van der Waals surface area contributed by atoms with E-state index in [0.29, 0.717) is 30.9 Å². The van der Waals surface area contributed by atoms with Gasteiger partial charge in [0.25, 0.3) is 5.91 Å². The first-order valence-electron chi connectivity index (χ1n) is 13.0. The van der Waals surface area contributed by atoms with Crippen LogP contribution in [0.25, 0.3) is 0 Å². The lowest BCUT2D eigenvalue weighted by Crippen LogP contribution is -2.50. The lowest BCUT2D eigenvalue weighted by Gasteiger charge is -2.36. The topological polar surface area (TPSA) is 85.0 Å². The molecule has 1 aliphatic heterocycles. The van der Waals surface area contributed by atoms with Gasteiger partial charge in [-0.15, -0.1) is 0 Å². The molecule has 0 spiro atoms. The molecule has 2 N–H and O–H groups in total. The van der Waals surface area contributed by atoms with Crippen molar-refractivity contribution in [3.05, 3.63) is 90.0 Å². The fourth-order valence-corrected chi connectivity index (χ4v) is 4.51. The van der Waals surface area contributed by atoms with Gasteiger partial charge in [-0.2, -0.15) is 0 Å². The van der Waals surface area contributed by atoms with E-state index in [9.17, 15) is 14.4 Å². The number of carbonyl (C=O) groups excluding carboxylic acids is 3. The Labute approximate surface area is 224 Å². The van der Waals surface area contributed by atoms with Crippen molar-refractivity contribution in [1.29, 1.82) is 0 Å². The average molecular weight is 514 g/mol. The van der Waals surface area contributed by atoms with Crippen LogP contribution >= 0.6 is 0 Å². The molecule has 1 heterocycles. The molecule has 4 amide bonds. The van der Waals surface area contributed by atoms with Crippen molar-refractivity contribution < 1.29 is 14.4 Å². The number of nitrogens with zero attached hydrogens (tertiary/aromatic N) is 3. The van der Waals surface area contributed by atoms with E-state index in [1.807, 2.05) is 85.5 Å². The molecule has 1 aliphatic rings. The van der Waals surface area contributed by atoms with Crippen LogP contribution in [0.5, 0.6) is 0 Å². The highest BCUT2D eigenvalue weighted by molar-refractivity contribution is 5.99. The third-order valence-corrected chi connectivity index (χ3v) is 6.49. The Morgan fingerprint density at radius 2 is 1.53 bits per heavy atom. The molecule has 0 radical (unpaired) electrons. The van der Waals surface area contributed by atoms with Gasteiger partial charge in [0.15, 0.2) is 0 Å². The predicted octanol–water partition coefficient (Wildman–Crippen LogP) is 4.84. The molecule has 3 aromatic carbocycles. The van der Waals surface area contributed by atoms with Crippen LogP contribution in [0.1, 0.15) is 29.3 Å². The Kier molecular flexibility index (Phi) is 8.98. The van der Waals surface area contributed by atoms with Crippen LogP contribution in [0, 0.1) is 6.92 Å². The van der Waals surface area contributed by atoms with Crippen molar-refractivity contribution in [2.75, 3.05) is 54.8 Å². The van der Waals surface area contributed by atoms with Gasteiger partial charge >= 0.3 is 6.03 Å². The monoisotopic (exact) mass is 513 g/mol. The van der Waals surface area contributed by atoms with Crippen LogP contribution in [0.15, 0.2) is 78.9 Å². The molecule has 0 saturated carbocycles. The number of anilines is 3. The molecule has 0 aromatic heterocycles. The number of nitrogens with one attached hydrogen (secondary N) is 2. The number of amides is 4. The van der Waals surface area contributed by atoms with Gasteiger partial charge in [-0.3, -0.25) is 9.59 Å². The zero-order valence-electron chi connectivity index (χ0n) is 22.0. The Morgan fingerprint density at radius 3 is 2.18 bits per heavy atom. The molecule has 0 bridgehead atoms. The summed E-state index contributed by atoms with van der Waals surface area (Å²) < 4.78 is 0. The van der Waals surface area contributed by atoms with Crippen molar-refractivity contribution in [2.24, 2.45) is 0 Å². The van der Waals surface area contributed by atoms with Crippen LogP contribution in [-0.2, 0) is 4.79 Å². The number of hydrogen-bond donors (Lipinski definition) is 2. The first-order valence-corrected chi connectivity index (χ1v) is 13.0. The third-order valence-electron chi connectivity index (χ3n) is 6.49. The van der Waals surface area contributed by atoms with Crippen LogP contribution < -0.4 is 15.5 Å². The molecule has 4 rings (SSSR count). The highest BCUT2D eigenvalue weighted by Crippen LogP contribution is 2.20.